The maximum absolute atomic E-state index is 11.7. The van der Waals surface area contributed by atoms with Gasteiger partial charge in [-0.05, 0) is 31.0 Å². The Balaban J connectivity index is 2.43. The average Bonchev–Trinajstić information content (AvgIpc) is 2.45. The lowest BCUT2D eigenvalue weighted by Gasteiger charge is -2.07. The topological polar surface area (TPSA) is 98.5 Å². The second-order valence-electron chi connectivity index (χ2n) is 4.55. The number of sulfonamides is 1. The molecule has 0 aliphatic rings. The Kier molecular flexibility index (Phi) is 7.35. The Labute approximate surface area is 125 Å². The first-order valence-corrected chi connectivity index (χ1v) is 8.53. The number of rotatable bonds is 9. The van der Waals surface area contributed by atoms with Crippen LogP contribution in [0.25, 0.3) is 0 Å². The molecular formula is C14H22N2O4S. The molecule has 1 aromatic carbocycles. The van der Waals surface area contributed by atoms with Gasteiger partial charge in [0.15, 0.2) is 0 Å². The first-order valence-electron chi connectivity index (χ1n) is 6.87. The summed E-state index contributed by atoms with van der Waals surface area (Å²) in [5, 5.41) is 0. The van der Waals surface area contributed by atoms with E-state index >= 15 is 0 Å². The van der Waals surface area contributed by atoms with Crippen LogP contribution < -0.4 is 10.5 Å². The van der Waals surface area contributed by atoms with Crippen LogP contribution in [0.4, 0.5) is 0 Å². The van der Waals surface area contributed by atoms with E-state index in [9.17, 15) is 13.2 Å². The zero-order valence-corrected chi connectivity index (χ0v) is 13.0. The van der Waals surface area contributed by atoms with Gasteiger partial charge in [-0.25, -0.2) is 13.1 Å². The first-order chi connectivity index (χ1) is 9.96. The second-order valence-corrected chi connectivity index (χ2v) is 6.48. The number of carbonyl (C=O) groups is 1. The van der Waals surface area contributed by atoms with Crippen LogP contribution in [-0.4, -0.2) is 33.3 Å². The molecule has 6 nitrogen and oxygen atoms in total. The molecule has 21 heavy (non-hydrogen) atoms. The van der Waals surface area contributed by atoms with Crippen molar-refractivity contribution in [2.45, 2.75) is 26.3 Å². The van der Waals surface area contributed by atoms with Gasteiger partial charge < -0.3 is 10.5 Å². The van der Waals surface area contributed by atoms with Crippen molar-refractivity contribution in [1.82, 2.24) is 4.72 Å². The highest BCUT2D eigenvalue weighted by atomic mass is 32.2. The minimum atomic E-state index is -3.48. The van der Waals surface area contributed by atoms with Crippen molar-refractivity contribution >= 4 is 16.0 Å². The Hall–Kier alpha value is -1.44. The van der Waals surface area contributed by atoms with Gasteiger partial charge >= 0.3 is 5.97 Å². The predicted octanol–water partition coefficient (Wildman–Crippen LogP) is 0.560. The van der Waals surface area contributed by atoms with E-state index in [0.29, 0.717) is 6.54 Å². The molecule has 0 saturated heterocycles. The summed E-state index contributed by atoms with van der Waals surface area (Å²) in [4.78, 5) is 11.1. The highest BCUT2D eigenvalue weighted by Crippen LogP contribution is 2.05. The Morgan fingerprint density at radius 1 is 1.24 bits per heavy atom. The van der Waals surface area contributed by atoms with E-state index in [0.717, 1.165) is 17.5 Å². The van der Waals surface area contributed by atoms with E-state index in [4.69, 9.17) is 10.5 Å². The van der Waals surface area contributed by atoms with E-state index in [1.54, 1.807) is 6.92 Å². The quantitative estimate of drug-likeness (QED) is 0.649. The molecule has 0 heterocycles. The van der Waals surface area contributed by atoms with E-state index < -0.39 is 16.0 Å². The number of hydrogen-bond acceptors (Lipinski definition) is 5. The summed E-state index contributed by atoms with van der Waals surface area (Å²) in [5.41, 5.74) is 7.44. The third kappa shape index (κ3) is 7.22. The predicted molar refractivity (Wildman–Crippen MR) is 81.1 cm³/mol. The van der Waals surface area contributed by atoms with E-state index in [-0.39, 0.29) is 25.3 Å². The van der Waals surface area contributed by atoms with Gasteiger partial charge in [0.2, 0.25) is 10.0 Å². The van der Waals surface area contributed by atoms with Crippen LogP contribution in [0.15, 0.2) is 24.3 Å². The molecule has 0 fully saturated rings. The van der Waals surface area contributed by atoms with Crippen molar-refractivity contribution in [2.75, 3.05) is 18.9 Å². The highest BCUT2D eigenvalue weighted by Gasteiger charge is 2.13. The fraction of sp³-hybridized carbons (Fsp3) is 0.500. The summed E-state index contributed by atoms with van der Waals surface area (Å²) in [7, 11) is -3.48. The van der Waals surface area contributed by atoms with E-state index in [2.05, 4.69) is 4.72 Å². The molecule has 0 aliphatic heterocycles. The number of carbonyl (C=O) groups excluding carboxylic acids is 1. The smallest absolute Gasteiger partial charge is 0.306 e. The maximum Gasteiger partial charge on any atom is 0.306 e. The van der Waals surface area contributed by atoms with Gasteiger partial charge in [0.05, 0.1) is 18.8 Å². The number of nitrogens with one attached hydrogen (secondary N) is 1. The summed E-state index contributed by atoms with van der Waals surface area (Å²) in [6.07, 6.45) is 0.657. The fourth-order valence-corrected chi connectivity index (χ4v) is 2.67. The minimum Gasteiger partial charge on any atom is -0.466 e. The lowest BCUT2D eigenvalue weighted by atomic mass is 10.1. The van der Waals surface area contributed by atoms with Crippen molar-refractivity contribution < 1.29 is 17.9 Å². The molecular weight excluding hydrogens is 292 g/mol. The summed E-state index contributed by atoms with van der Waals surface area (Å²) in [6.45, 7) is 2.72. The van der Waals surface area contributed by atoms with Gasteiger partial charge in [0.1, 0.15) is 0 Å². The molecule has 0 aromatic heterocycles. The number of ether oxygens (including phenoxy) is 1. The lowest BCUT2D eigenvalue weighted by molar-refractivity contribution is -0.142. The Morgan fingerprint density at radius 3 is 2.43 bits per heavy atom. The van der Waals surface area contributed by atoms with E-state index in [1.165, 1.54) is 0 Å². The molecule has 0 atom stereocenters. The van der Waals surface area contributed by atoms with Crippen LogP contribution in [0.1, 0.15) is 24.5 Å². The Morgan fingerprint density at radius 2 is 1.86 bits per heavy atom. The number of esters is 1. The fourth-order valence-electron chi connectivity index (χ4n) is 1.71. The molecule has 7 heteroatoms. The standard InChI is InChI=1S/C14H22N2O4S/c1-2-20-14(17)8-10-21(18,19)16-11-13-5-3-12(4-6-13)7-9-15/h3-6,16H,2,7-11,15H2,1H3. The monoisotopic (exact) mass is 314 g/mol. The molecule has 118 valence electrons. The van der Waals surface area contributed by atoms with Crippen LogP contribution in [0.5, 0.6) is 0 Å². The summed E-state index contributed by atoms with van der Waals surface area (Å²) in [5.74, 6) is -0.772. The van der Waals surface area contributed by atoms with Gasteiger partial charge in [-0.3, -0.25) is 4.79 Å². The van der Waals surface area contributed by atoms with Crippen molar-refractivity contribution in [3.63, 3.8) is 0 Å². The highest BCUT2D eigenvalue weighted by molar-refractivity contribution is 7.89. The van der Waals surface area contributed by atoms with Crippen molar-refractivity contribution in [2.24, 2.45) is 5.73 Å². The lowest BCUT2D eigenvalue weighted by Crippen LogP contribution is -2.27. The van der Waals surface area contributed by atoms with Crippen molar-refractivity contribution in [3.05, 3.63) is 35.4 Å². The molecule has 0 spiro atoms. The van der Waals surface area contributed by atoms with Crippen molar-refractivity contribution in [3.8, 4) is 0 Å². The van der Waals surface area contributed by atoms with Crippen molar-refractivity contribution in [1.29, 1.82) is 0 Å². The Bertz CT molecular complexity index is 541. The van der Waals surface area contributed by atoms with Crippen LogP contribution in [0, 0.1) is 0 Å². The maximum atomic E-state index is 11.7. The van der Waals surface area contributed by atoms with Crippen LogP contribution in [-0.2, 0) is 32.5 Å². The molecule has 0 saturated carbocycles. The molecule has 0 radical (unpaired) electrons. The first kappa shape index (κ1) is 17.6. The SMILES string of the molecule is CCOC(=O)CCS(=O)(=O)NCc1ccc(CCN)cc1. The summed E-state index contributed by atoms with van der Waals surface area (Å²) in [6, 6.07) is 7.57. The summed E-state index contributed by atoms with van der Waals surface area (Å²) >= 11 is 0. The molecule has 0 unspecified atom stereocenters. The van der Waals surface area contributed by atoms with Gasteiger partial charge in [0.25, 0.3) is 0 Å². The van der Waals surface area contributed by atoms with Gasteiger partial charge in [0, 0.05) is 6.54 Å². The molecule has 0 bridgehead atoms. The summed E-state index contributed by atoms with van der Waals surface area (Å²) < 4.78 is 30.7. The normalized spacial score (nSPS) is 11.3. The van der Waals surface area contributed by atoms with Gasteiger partial charge in [-0.1, -0.05) is 24.3 Å². The molecule has 1 aromatic rings. The zero-order chi connectivity index (χ0) is 15.7. The molecule has 3 N–H and O–H groups in total. The third-order valence-electron chi connectivity index (χ3n) is 2.83. The second kappa shape index (κ2) is 8.76. The van der Waals surface area contributed by atoms with Gasteiger partial charge in [-0.15, -0.1) is 0 Å². The van der Waals surface area contributed by atoms with E-state index in [1.807, 2.05) is 24.3 Å². The van der Waals surface area contributed by atoms with Crippen LogP contribution >= 0.6 is 0 Å². The molecule has 0 amide bonds. The van der Waals surface area contributed by atoms with Gasteiger partial charge in [-0.2, -0.15) is 0 Å². The largest absolute Gasteiger partial charge is 0.466 e. The average molecular weight is 314 g/mol. The zero-order valence-electron chi connectivity index (χ0n) is 12.2. The van der Waals surface area contributed by atoms with Crippen LogP contribution in [0.3, 0.4) is 0 Å². The third-order valence-corrected chi connectivity index (χ3v) is 4.16. The number of benzene rings is 1. The minimum absolute atomic E-state index is 0.140. The van der Waals surface area contributed by atoms with Crippen LogP contribution in [0.2, 0.25) is 0 Å². The number of hydrogen-bond donors (Lipinski definition) is 2. The molecule has 1 rings (SSSR count). The number of nitrogens with two attached hydrogens (primary N) is 1. The molecule has 0 aliphatic carbocycles.